The molecular formula is C16H16FN3O. The van der Waals surface area contributed by atoms with Crippen molar-refractivity contribution in [3.05, 3.63) is 35.8 Å². The summed E-state index contributed by atoms with van der Waals surface area (Å²) in [5.41, 5.74) is 0.339. The number of anilines is 1. The molecule has 0 saturated heterocycles. The Morgan fingerprint density at radius 2 is 1.95 bits per heavy atom. The number of ether oxygens (including phenoxy) is 1. The highest BCUT2D eigenvalue weighted by Gasteiger charge is 2.16. The van der Waals surface area contributed by atoms with E-state index in [2.05, 4.69) is 5.32 Å². The third-order valence-electron chi connectivity index (χ3n) is 3.40. The molecule has 0 radical (unpaired) electrons. The van der Waals surface area contributed by atoms with Crippen LogP contribution in [0.2, 0.25) is 0 Å². The van der Waals surface area contributed by atoms with E-state index in [1.165, 1.54) is 24.8 Å². The largest absolute Gasteiger partial charge is 0.488 e. The van der Waals surface area contributed by atoms with Crippen molar-refractivity contribution in [2.24, 2.45) is 0 Å². The van der Waals surface area contributed by atoms with Crippen molar-refractivity contribution in [2.45, 2.75) is 38.2 Å². The SMILES string of the molecule is N#CC(C#N)=CNc1cc(F)ccc1OC1CCCCC1. The molecular weight excluding hydrogens is 269 g/mol. The molecule has 1 N–H and O–H groups in total. The van der Waals surface area contributed by atoms with E-state index in [-0.39, 0.29) is 11.7 Å². The van der Waals surface area contributed by atoms with Crippen molar-refractivity contribution in [2.75, 3.05) is 5.32 Å². The highest BCUT2D eigenvalue weighted by molar-refractivity contribution is 5.59. The lowest BCUT2D eigenvalue weighted by molar-refractivity contribution is 0.156. The number of hydrogen-bond donors (Lipinski definition) is 1. The van der Waals surface area contributed by atoms with Gasteiger partial charge in [0.05, 0.1) is 11.8 Å². The highest BCUT2D eigenvalue weighted by Crippen LogP contribution is 2.30. The van der Waals surface area contributed by atoms with Crippen molar-refractivity contribution in [3.63, 3.8) is 0 Å². The molecule has 0 aromatic heterocycles. The van der Waals surface area contributed by atoms with Crippen LogP contribution < -0.4 is 10.1 Å². The molecule has 2 rings (SSSR count). The normalized spacial score (nSPS) is 14.6. The lowest BCUT2D eigenvalue weighted by Crippen LogP contribution is -2.20. The van der Waals surface area contributed by atoms with E-state index >= 15 is 0 Å². The summed E-state index contributed by atoms with van der Waals surface area (Å²) in [5.74, 6) is 0.132. The lowest BCUT2D eigenvalue weighted by atomic mass is 9.98. The fourth-order valence-electron chi connectivity index (χ4n) is 2.32. The molecule has 0 atom stereocenters. The molecule has 0 aliphatic heterocycles. The summed E-state index contributed by atoms with van der Waals surface area (Å²) in [5, 5.41) is 20.2. The summed E-state index contributed by atoms with van der Waals surface area (Å²) in [6.07, 6.45) is 6.89. The number of allylic oxidation sites excluding steroid dienone is 1. The van der Waals surface area contributed by atoms with Gasteiger partial charge in [-0.15, -0.1) is 0 Å². The molecule has 1 aromatic carbocycles. The molecule has 1 saturated carbocycles. The van der Waals surface area contributed by atoms with E-state index in [1.54, 1.807) is 18.2 Å². The predicted octanol–water partition coefficient (Wildman–Crippen LogP) is 3.88. The van der Waals surface area contributed by atoms with Crippen molar-refractivity contribution in [3.8, 4) is 17.9 Å². The first kappa shape index (κ1) is 14.9. The van der Waals surface area contributed by atoms with Crippen LogP contribution in [0.25, 0.3) is 0 Å². The molecule has 1 aromatic rings. The van der Waals surface area contributed by atoms with E-state index in [9.17, 15) is 4.39 Å². The van der Waals surface area contributed by atoms with E-state index in [1.807, 2.05) is 0 Å². The van der Waals surface area contributed by atoms with Gasteiger partial charge >= 0.3 is 0 Å². The Morgan fingerprint density at radius 3 is 2.62 bits per heavy atom. The van der Waals surface area contributed by atoms with Gasteiger partial charge in [-0.2, -0.15) is 10.5 Å². The summed E-state index contributed by atoms with van der Waals surface area (Å²) >= 11 is 0. The van der Waals surface area contributed by atoms with Crippen molar-refractivity contribution < 1.29 is 9.13 Å². The van der Waals surface area contributed by atoms with Gasteiger partial charge < -0.3 is 10.1 Å². The lowest BCUT2D eigenvalue weighted by Gasteiger charge is -2.24. The van der Waals surface area contributed by atoms with Crippen LogP contribution in [0.4, 0.5) is 10.1 Å². The second-order valence-corrected chi connectivity index (χ2v) is 4.94. The Bertz CT molecular complexity index is 591. The second kappa shape index (κ2) is 7.31. The van der Waals surface area contributed by atoms with E-state index in [0.29, 0.717) is 11.4 Å². The standard InChI is InChI=1S/C16H16FN3O/c17-13-6-7-16(21-14-4-2-1-3-5-14)15(8-13)20-11-12(9-18)10-19/h6-8,11,14,20H,1-5H2. The summed E-state index contributed by atoms with van der Waals surface area (Å²) in [4.78, 5) is 0. The van der Waals surface area contributed by atoms with Crippen LogP contribution in [-0.2, 0) is 0 Å². The van der Waals surface area contributed by atoms with E-state index < -0.39 is 5.82 Å². The molecule has 1 aliphatic rings. The predicted molar refractivity (Wildman–Crippen MR) is 76.8 cm³/mol. The van der Waals surface area contributed by atoms with Crippen LogP contribution >= 0.6 is 0 Å². The Hall–Kier alpha value is -2.53. The third-order valence-corrected chi connectivity index (χ3v) is 3.40. The number of nitrogens with one attached hydrogen (secondary N) is 1. The topological polar surface area (TPSA) is 68.8 Å². The van der Waals surface area contributed by atoms with Gasteiger partial charge in [-0.1, -0.05) is 6.42 Å². The maximum Gasteiger partial charge on any atom is 0.145 e. The monoisotopic (exact) mass is 285 g/mol. The van der Waals surface area contributed by atoms with Crippen LogP contribution in [0, 0.1) is 28.5 Å². The second-order valence-electron chi connectivity index (χ2n) is 4.94. The van der Waals surface area contributed by atoms with Gasteiger partial charge in [0, 0.05) is 12.3 Å². The number of rotatable bonds is 4. The minimum absolute atomic E-state index is 0.0807. The van der Waals surface area contributed by atoms with Gasteiger partial charge in [0.2, 0.25) is 0 Å². The first-order valence-electron chi connectivity index (χ1n) is 6.96. The summed E-state index contributed by atoms with van der Waals surface area (Å²) in [6.45, 7) is 0. The van der Waals surface area contributed by atoms with Gasteiger partial charge in [0.25, 0.3) is 0 Å². The van der Waals surface area contributed by atoms with Gasteiger partial charge in [0.1, 0.15) is 29.3 Å². The quantitative estimate of drug-likeness (QED) is 0.852. The van der Waals surface area contributed by atoms with Gasteiger partial charge in [-0.05, 0) is 37.8 Å². The highest BCUT2D eigenvalue weighted by atomic mass is 19.1. The van der Waals surface area contributed by atoms with E-state index in [0.717, 1.165) is 25.7 Å². The Balaban J connectivity index is 2.15. The van der Waals surface area contributed by atoms with Crippen LogP contribution in [-0.4, -0.2) is 6.10 Å². The van der Waals surface area contributed by atoms with Gasteiger partial charge in [-0.3, -0.25) is 0 Å². The summed E-state index contributed by atoms with van der Waals surface area (Å²) in [7, 11) is 0. The molecule has 0 heterocycles. The van der Waals surface area contributed by atoms with Crippen LogP contribution in [0.1, 0.15) is 32.1 Å². The molecule has 5 heteroatoms. The number of hydrogen-bond acceptors (Lipinski definition) is 4. The average molecular weight is 285 g/mol. The molecule has 0 spiro atoms. The summed E-state index contributed by atoms with van der Waals surface area (Å²) in [6, 6.07) is 7.68. The zero-order chi connectivity index (χ0) is 15.1. The number of nitrogens with zero attached hydrogens (tertiary/aromatic N) is 2. The van der Waals surface area contributed by atoms with Gasteiger partial charge in [-0.25, -0.2) is 4.39 Å². The van der Waals surface area contributed by atoms with Crippen molar-refractivity contribution in [1.29, 1.82) is 10.5 Å². The Labute approximate surface area is 123 Å². The van der Waals surface area contributed by atoms with Crippen LogP contribution in [0.3, 0.4) is 0 Å². The molecule has 1 aliphatic carbocycles. The zero-order valence-corrected chi connectivity index (χ0v) is 11.6. The van der Waals surface area contributed by atoms with Crippen LogP contribution in [0.15, 0.2) is 30.0 Å². The minimum Gasteiger partial charge on any atom is -0.488 e. The Morgan fingerprint density at radius 1 is 1.24 bits per heavy atom. The zero-order valence-electron chi connectivity index (χ0n) is 11.6. The number of halogens is 1. The summed E-state index contributed by atoms with van der Waals surface area (Å²) < 4.78 is 19.3. The molecule has 108 valence electrons. The smallest absolute Gasteiger partial charge is 0.145 e. The Kier molecular flexibility index (Phi) is 5.17. The van der Waals surface area contributed by atoms with Gasteiger partial charge in [0.15, 0.2) is 0 Å². The number of benzene rings is 1. The first-order chi connectivity index (χ1) is 10.2. The average Bonchev–Trinajstić information content (AvgIpc) is 2.52. The maximum absolute atomic E-state index is 13.4. The fourth-order valence-corrected chi connectivity index (χ4v) is 2.32. The minimum atomic E-state index is -0.405. The molecule has 21 heavy (non-hydrogen) atoms. The maximum atomic E-state index is 13.4. The van der Waals surface area contributed by atoms with Crippen molar-refractivity contribution >= 4 is 5.69 Å². The van der Waals surface area contributed by atoms with E-state index in [4.69, 9.17) is 15.3 Å². The van der Waals surface area contributed by atoms with Crippen molar-refractivity contribution in [1.82, 2.24) is 0 Å². The molecule has 0 unspecified atom stereocenters. The molecule has 0 amide bonds. The molecule has 4 nitrogen and oxygen atoms in total. The fraction of sp³-hybridized carbons (Fsp3) is 0.375. The van der Waals surface area contributed by atoms with Crippen LogP contribution in [0.5, 0.6) is 5.75 Å². The number of nitriles is 2. The first-order valence-corrected chi connectivity index (χ1v) is 6.96. The molecule has 1 fully saturated rings. The molecule has 0 bridgehead atoms. The third kappa shape index (κ3) is 4.22.